The number of aryl methyl sites for hydroxylation is 1. The second kappa shape index (κ2) is 12.0. The van der Waals surface area contributed by atoms with E-state index in [-0.39, 0.29) is 0 Å². The highest BCUT2D eigenvalue weighted by Gasteiger charge is 2.30. The number of nitrogens with zero attached hydrogens (tertiary/aromatic N) is 3. The van der Waals surface area contributed by atoms with Crippen molar-refractivity contribution >= 4 is 28.2 Å². The summed E-state index contributed by atoms with van der Waals surface area (Å²) < 4.78 is 2.62. The second-order valence-corrected chi connectivity index (χ2v) is 11.9. The Morgan fingerprint density at radius 3 is 2.47 bits per heavy atom. The van der Waals surface area contributed by atoms with Gasteiger partial charge >= 0.3 is 0 Å². The molecule has 0 N–H and O–H groups in total. The van der Waals surface area contributed by atoms with Gasteiger partial charge in [0.15, 0.2) is 0 Å². The quantitative estimate of drug-likeness (QED) is 0.228. The monoisotopic (exact) mass is 535 g/mol. The molecule has 1 saturated heterocycles. The maximum Gasteiger partial charge on any atom is 0.107 e. The molecule has 38 heavy (non-hydrogen) atoms. The summed E-state index contributed by atoms with van der Waals surface area (Å²) in [5.74, 6) is 0.605. The standard InChI is InChI=1S/C32H42ClN3O2/c1-37-38-23-24-11-13-27-30(21-24)36-18-8-17-35(20-19-34-15-6-3-7-16-34)29-22-26(33)12-14-28(29)32(36)31(27)25-9-4-2-5-10-25/h11-14,21-22,25H,2-10,15-20,23H2,1H3. The molecule has 2 fully saturated rings. The smallest absolute Gasteiger partial charge is 0.107 e. The van der Waals surface area contributed by atoms with E-state index in [0.717, 1.165) is 43.2 Å². The van der Waals surface area contributed by atoms with Crippen LogP contribution in [0.3, 0.4) is 0 Å². The van der Waals surface area contributed by atoms with Gasteiger partial charge in [0.05, 0.1) is 12.8 Å². The zero-order valence-electron chi connectivity index (χ0n) is 22.9. The fraction of sp³-hybridized carbons (Fsp3) is 0.562. The van der Waals surface area contributed by atoms with Gasteiger partial charge in [-0.05, 0) is 86.5 Å². The first-order valence-electron chi connectivity index (χ1n) is 14.8. The van der Waals surface area contributed by atoms with Gasteiger partial charge in [0.25, 0.3) is 0 Å². The number of anilines is 1. The molecule has 2 aromatic carbocycles. The normalized spacial score (nSPS) is 19.3. The Morgan fingerprint density at radius 2 is 1.66 bits per heavy atom. The van der Waals surface area contributed by atoms with Crippen LogP contribution < -0.4 is 4.90 Å². The van der Waals surface area contributed by atoms with Gasteiger partial charge in [-0.2, -0.15) is 0 Å². The number of aromatic nitrogens is 1. The number of halogens is 1. The number of benzene rings is 2. The van der Waals surface area contributed by atoms with Crippen molar-refractivity contribution < 1.29 is 9.78 Å². The molecule has 3 aromatic rings. The van der Waals surface area contributed by atoms with E-state index in [4.69, 9.17) is 21.4 Å². The van der Waals surface area contributed by atoms with E-state index in [1.54, 1.807) is 12.7 Å². The van der Waals surface area contributed by atoms with Crippen LogP contribution in [0.4, 0.5) is 5.69 Å². The van der Waals surface area contributed by atoms with Crippen molar-refractivity contribution in [1.82, 2.24) is 9.47 Å². The maximum atomic E-state index is 6.68. The van der Waals surface area contributed by atoms with Crippen LogP contribution in [0.1, 0.15) is 74.8 Å². The van der Waals surface area contributed by atoms with E-state index in [0.29, 0.717) is 12.5 Å². The Hall–Kier alpha value is -2.05. The Balaban J connectivity index is 1.47. The predicted molar refractivity (Wildman–Crippen MR) is 157 cm³/mol. The lowest BCUT2D eigenvalue weighted by Crippen LogP contribution is -2.39. The molecule has 1 aromatic heterocycles. The van der Waals surface area contributed by atoms with Crippen LogP contribution in [0.25, 0.3) is 22.2 Å². The third-order valence-corrected chi connectivity index (χ3v) is 9.26. The highest BCUT2D eigenvalue weighted by atomic mass is 35.5. The molecule has 3 heterocycles. The van der Waals surface area contributed by atoms with E-state index in [9.17, 15) is 0 Å². The van der Waals surface area contributed by atoms with Gasteiger partial charge < -0.3 is 14.4 Å². The van der Waals surface area contributed by atoms with E-state index in [1.165, 1.54) is 92.3 Å². The zero-order valence-corrected chi connectivity index (χ0v) is 23.6. The van der Waals surface area contributed by atoms with E-state index >= 15 is 0 Å². The number of hydrogen-bond acceptors (Lipinski definition) is 4. The van der Waals surface area contributed by atoms with Crippen molar-refractivity contribution in [3.05, 3.63) is 52.5 Å². The molecule has 0 bridgehead atoms. The molecule has 0 radical (unpaired) electrons. The molecule has 3 aliphatic rings. The molecule has 1 aliphatic carbocycles. The van der Waals surface area contributed by atoms with E-state index in [1.807, 2.05) is 0 Å². The predicted octanol–water partition coefficient (Wildman–Crippen LogP) is 7.78. The molecule has 204 valence electrons. The van der Waals surface area contributed by atoms with E-state index in [2.05, 4.69) is 50.8 Å². The highest BCUT2D eigenvalue weighted by Crippen LogP contribution is 2.47. The van der Waals surface area contributed by atoms with Crippen molar-refractivity contribution in [2.45, 2.75) is 76.9 Å². The fourth-order valence-electron chi connectivity index (χ4n) is 7.15. The first-order chi connectivity index (χ1) is 18.7. The molecule has 6 rings (SSSR count). The van der Waals surface area contributed by atoms with Crippen molar-refractivity contribution in [3.8, 4) is 11.3 Å². The number of fused-ring (bicyclic) bond motifs is 5. The van der Waals surface area contributed by atoms with Gasteiger partial charge in [-0.3, -0.25) is 0 Å². The molecular formula is C32H42ClN3O2. The Morgan fingerprint density at radius 1 is 0.842 bits per heavy atom. The summed E-state index contributed by atoms with van der Waals surface area (Å²) in [4.78, 5) is 15.5. The van der Waals surface area contributed by atoms with Gasteiger partial charge in [0.1, 0.15) is 6.61 Å². The topological polar surface area (TPSA) is 29.9 Å². The zero-order chi connectivity index (χ0) is 25.9. The summed E-state index contributed by atoms with van der Waals surface area (Å²) in [6.45, 7) is 7.21. The minimum atomic E-state index is 0.461. The van der Waals surface area contributed by atoms with Gasteiger partial charge in [-0.15, -0.1) is 0 Å². The second-order valence-electron chi connectivity index (χ2n) is 11.4. The number of likely N-dealkylation sites (tertiary alicyclic amines) is 1. The summed E-state index contributed by atoms with van der Waals surface area (Å²) in [7, 11) is 1.58. The summed E-state index contributed by atoms with van der Waals surface area (Å²) in [6, 6.07) is 13.5. The first-order valence-corrected chi connectivity index (χ1v) is 15.2. The Labute approximate surface area is 232 Å². The first kappa shape index (κ1) is 26.2. The van der Waals surface area contributed by atoms with Crippen LogP contribution >= 0.6 is 11.6 Å². The van der Waals surface area contributed by atoms with Crippen LogP contribution in [-0.4, -0.2) is 49.3 Å². The molecular weight excluding hydrogens is 494 g/mol. The average Bonchev–Trinajstić information content (AvgIpc) is 3.26. The summed E-state index contributed by atoms with van der Waals surface area (Å²) in [5, 5.41) is 2.24. The number of rotatable bonds is 7. The SMILES string of the molecule is COOCc1ccc2c(C3CCCCC3)c3n(c2c1)CCCN(CCN1CCCCC1)c1cc(Cl)ccc1-3. The molecule has 5 nitrogen and oxygen atoms in total. The lowest BCUT2D eigenvalue weighted by Gasteiger charge is -2.34. The van der Waals surface area contributed by atoms with Gasteiger partial charge in [-0.1, -0.05) is 49.4 Å². The lowest BCUT2D eigenvalue weighted by atomic mass is 9.81. The molecule has 0 unspecified atom stereocenters. The van der Waals surface area contributed by atoms with Crippen molar-refractivity contribution in [2.24, 2.45) is 0 Å². The third kappa shape index (κ3) is 5.36. The molecule has 0 atom stereocenters. The molecule has 1 saturated carbocycles. The molecule has 2 aliphatic heterocycles. The minimum Gasteiger partial charge on any atom is -0.370 e. The maximum absolute atomic E-state index is 6.68. The fourth-order valence-corrected chi connectivity index (χ4v) is 7.32. The molecule has 0 amide bonds. The van der Waals surface area contributed by atoms with Crippen LogP contribution in [0, 0.1) is 0 Å². The largest absolute Gasteiger partial charge is 0.370 e. The molecule has 6 heteroatoms. The van der Waals surface area contributed by atoms with Crippen LogP contribution in [0.5, 0.6) is 0 Å². The third-order valence-electron chi connectivity index (χ3n) is 9.03. The van der Waals surface area contributed by atoms with Crippen molar-refractivity contribution in [1.29, 1.82) is 0 Å². The Kier molecular flexibility index (Phi) is 8.27. The Bertz CT molecular complexity index is 1240. The van der Waals surface area contributed by atoms with Crippen molar-refractivity contribution in [2.75, 3.05) is 44.7 Å². The average molecular weight is 536 g/mol. The van der Waals surface area contributed by atoms with Crippen molar-refractivity contribution in [3.63, 3.8) is 0 Å². The van der Waals surface area contributed by atoms with E-state index < -0.39 is 0 Å². The minimum absolute atomic E-state index is 0.461. The van der Waals surface area contributed by atoms with Gasteiger partial charge in [-0.25, -0.2) is 9.78 Å². The van der Waals surface area contributed by atoms with Gasteiger partial charge in [0.2, 0.25) is 0 Å². The van der Waals surface area contributed by atoms with Gasteiger partial charge in [0, 0.05) is 53.4 Å². The molecule has 0 spiro atoms. The van der Waals surface area contributed by atoms with Crippen LogP contribution in [0.15, 0.2) is 36.4 Å². The van der Waals surface area contributed by atoms with Crippen LogP contribution in [0.2, 0.25) is 5.02 Å². The summed E-state index contributed by atoms with van der Waals surface area (Å²) >= 11 is 6.68. The summed E-state index contributed by atoms with van der Waals surface area (Å²) in [6.07, 6.45) is 11.7. The number of piperidine rings is 1. The lowest BCUT2D eigenvalue weighted by molar-refractivity contribution is -0.282. The highest BCUT2D eigenvalue weighted by molar-refractivity contribution is 6.31. The summed E-state index contributed by atoms with van der Waals surface area (Å²) in [5.41, 5.74) is 8.11. The number of hydrogen-bond donors (Lipinski definition) is 0. The van der Waals surface area contributed by atoms with Crippen LogP contribution in [-0.2, 0) is 22.9 Å².